The molecular formula is C11H18N2O2. The van der Waals surface area contributed by atoms with Gasteiger partial charge < -0.3 is 15.0 Å². The van der Waals surface area contributed by atoms with E-state index in [0.29, 0.717) is 11.8 Å². The van der Waals surface area contributed by atoms with Crippen molar-refractivity contribution in [2.45, 2.75) is 18.9 Å². The summed E-state index contributed by atoms with van der Waals surface area (Å²) in [6.07, 6.45) is 1.83. The molecular weight excluding hydrogens is 192 g/mol. The summed E-state index contributed by atoms with van der Waals surface area (Å²) in [5.74, 6) is 1.62. The predicted octanol–water partition coefficient (Wildman–Crippen LogP) is -0.157. The normalized spacial score (nSPS) is 39.7. The molecule has 84 valence electrons. The quantitative estimate of drug-likeness (QED) is 0.654. The van der Waals surface area contributed by atoms with Crippen LogP contribution in [0.3, 0.4) is 0 Å². The molecule has 3 saturated heterocycles. The van der Waals surface area contributed by atoms with Gasteiger partial charge in [0, 0.05) is 32.8 Å². The zero-order chi connectivity index (χ0) is 10.3. The maximum Gasteiger partial charge on any atom is 0.251 e. The Morgan fingerprint density at radius 2 is 2.00 bits per heavy atom. The number of carbonyl (C=O) groups excluding carboxylic acids is 1. The average Bonchev–Trinajstić information content (AvgIpc) is 2.92. The van der Waals surface area contributed by atoms with Gasteiger partial charge in [0.25, 0.3) is 5.91 Å². The minimum Gasteiger partial charge on any atom is -0.368 e. The van der Waals surface area contributed by atoms with Gasteiger partial charge in [-0.2, -0.15) is 0 Å². The van der Waals surface area contributed by atoms with Crippen LogP contribution in [0.2, 0.25) is 0 Å². The largest absolute Gasteiger partial charge is 0.368 e. The molecule has 3 fully saturated rings. The van der Waals surface area contributed by atoms with Crippen LogP contribution in [-0.2, 0) is 9.53 Å². The van der Waals surface area contributed by atoms with Gasteiger partial charge in [0.2, 0.25) is 0 Å². The second kappa shape index (κ2) is 3.76. The van der Waals surface area contributed by atoms with Crippen LogP contribution in [0.5, 0.6) is 0 Å². The topological polar surface area (TPSA) is 41.6 Å². The minimum absolute atomic E-state index is 0.128. The lowest BCUT2D eigenvalue weighted by molar-refractivity contribution is -0.140. The first kappa shape index (κ1) is 9.60. The third-order valence-electron chi connectivity index (χ3n) is 3.91. The highest BCUT2D eigenvalue weighted by atomic mass is 16.5. The molecule has 1 N–H and O–H groups in total. The standard InChI is InChI=1S/C11H18N2O2/c14-11(10-2-1-3-15-10)13-6-8-4-12-5-9(8)7-13/h8-10,12H,1-7H2/t8-,9+,10-/m1/s1. The third kappa shape index (κ3) is 1.66. The van der Waals surface area contributed by atoms with Crippen molar-refractivity contribution >= 4 is 5.91 Å². The summed E-state index contributed by atoms with van der Waals surface area (Å²) >= 11 is 0. The van der Waals surface area contributed by atoms with Gasteiger partial charge in [-0.15, -0.1) is 0 Å². The maximum absolute atomic E-state index is 12.1. The Balaban J connectivity index is 1.61. The molecule has 0 saturated carbocycles. The molecule has 0 aromatic heterocycles. The van der Waals surface area contributed by atoms with E-state index in [1.807, 2.05) is 4.90 Å². The summed E-state index contributed by atoms with van der Waals surface area (Å²) in [5, 5.41) is 3.38. The van der Waals surface area contributed by atoms with Gasteiger partial charge in [-0.1, -0.05) is 0 Å². The Bertz CT molecular complexity index is 251. The predicted molar refractivity (Wildman–Crippen MR) is 55.4 cm³/mol. The zero-order valence-corrected chi connectivity index (χ0v) is 8.95. The molecule has 1 amide bonds. The van der Waals surface area contributed by atoms with Gasteiger partial charge in [0.1, 0.15) is 6.10 Å². The molecule has 0 aromatic rings. The molecule has 4 nitrogen and oxygen atoms in total. The number of likely N-dealkylation sites (tertiary alicyclic amines) is 1. The highest BCUT2D eigenvalue weighted by Crippen LogP contribution is 2.28. The van der Waals surface area contributed by atoms with Crippen LogP contribution < -0.4 is 5.32 Å². The second-order valence-electron chi connectivity index (χ2n) is 4.92. The van der Waals surface area contributed by atoms with E-state index in [1.165, 1.54) is 0 Å². The minimum atomic E-state index is -0.128. The first-order chi connectivity index (χ1) is 7.34. The van der Waals surface area contributed by atoms with Crippen LogP contribution >= 0.6 is 0 Å². The highest BCUT2D eigenvalue weighted by molar-refractivity contribution is 5.81. The molecule has 3 aliphatic heterocycles. The molecule has 3 aliphatic rings. The van der Waals surface area contributed by atoms with E-state index < -0.39 is 0 Å². The number of nitrogens with zero attached hydrogens (tertiary/aromatic N) is 1. The number of fused-ring (bicyclic) bond motifs is 1. The van der Waals surface area contributed by atoms with Crippen molar-refractivity contribution in [3.63, 3.8) is 0 Å². The van der Waals surface area contributed by atoms with Crippen molar-refractivity contribution in [2.24, 2.45) is 11.8 Å². The Hall–Kier alpha value is -0.610. The van der Waals surface area contributed by atoms with Crippen molar-refractivity contribution in [3.05, 3.63) is 0 Å². The number of hydrogen-bond donors (Lipinski definition) is 1. The van der Waals surface area contributed by atoms with Gasteiger partial charge in [-0.05, 0) is 24.7 Å². The first-order valence-corrected chi connectivity index (χ1v) is 5.95. The summed E-state index contributed by atoms with van der Waals surface area (Å²) < 4.78 is 5.44. The number of rotatable bonds is 1. The average molecular weight is 210 g/mol. The van der Waals surface area contributed by atoms with E-state index in [4.69, 9.17) is 4.74 Å². The van der Waals surface area contributed by atoms with E-state index in [0.717, 1.165) is 45.6 Å². The van der Waals surface area contributed by atoms with Gasteiger partial charge >= 0.3 is 0 Å². The summed E-state index contributed by atoms with van der Waals surface area (Å²) in [5.41, 5.74) is 0. The van der Waals surface area contributed by atoms with E-state index in [1.54, 1.807) is 0 Å². The Morgan fingerprint density at radius 3 is 2.60 bits per heavy atom. The lowest BCUT2D eigenvalue weighted by atomic mass is 10.0. The monoisotopic (exact) mass is 210 g/mol. The van der Waals surface area contributed by atoms with Gasteiger partial charge in [0.05, 0.1) is 0 Å². The summed E-state index contributed by atoms with van der Waals surface area (Å²) in [6.45, 7) is 4.81. The van der Waals surface area contributed by atoms with Gasteiger partial charge in [-0.25, -0.2) is 0 Å². The number of carbonyl (C=O) groups is 1. The molecule has 0 spiro atoms. The molecule has 4 heteroatoms. The van der Waals surface area contributed by atoms with E-state index in [-0.39, 0.29) is 12.0 Å². The molecule has 3 atom stereocenters. The molecule has 0 bridgehead atoms. The molecule has 0 aromatic carbocycles. The fraction of sp³-hybridized carbons (Fsp3) is 0.909. The maximum atomic E-state index is 12.1. The summed E-state index contributed by atoms with van der Waals surface area (Å²) in [4.78, 5) is 14.1. The smallest absolute Gasteiger partial charge is 0.251 e. The lowest BCUT2D eigenvalue weighted by Gasteiger charge is -2.20. The van der Waals surface area contributed by atoms with E-state index in [9.17, 15) is 4.79 Å². The SMILES string of the molecule is O=C([C@H]1CCCO1)N1C[C@H]2CNC[C@H]2C1. The summed E-state index contributed by atoms with van der Waals surface area (Å²) in [7, 11) is 0. The van der Waals surface area contributed by atoms with Crippen LogP contribution in [0.15, 0.2) is 0 Å². The highest BCUT2D eigenvalue weighted by Gasteiger charge is 2.40. The van der Waals surface area contributed by atoms with Crippen molar-refractivity contribution in [2.75, 3.05) is 32.8 Å². The third-order valence-corrected chi connectivity index (χ3v) is 3.91. The number of hydrogen-bond acceptors (Lipinski definition) is 3. The van der Waals surface area contributed by atoms with Crippen LogP contribution in [0.25, 0.3) is 0 Å². The van der Waals surface area contributed by atoms with Crippen LogP contribution in [0.4, 0.5) is 0 Å². The first-order valence-electron chi connectivity index (χ1n) is 5.95. The zero-order valence-electron chi connectivity index (χ0n) is 8.95. The Morgan fingerprint density at radius 1 is 1.27 bits per heavy atom. The number of nitrogens with one attached hydrogen (secondary N) is 1. The molecule has 0 aliphatic carbocycles. The molecule has 3 rings (SSSR count). The van der Waals surface area contributed by atoms with E-state index >= 15 is 0 Å². The fourth-order valence-electron chi connectivity index (χ4n) is 3.01. The van der Waals surface area contributed by atoms with Crippen molar-refractivity contribution in [3.8, 4) is 0 Å². The summed E-state index contributed by atoms with van der Waals surface area (Å²) in [6, 6.07) is 0. The molecule has 0 unspecified atom stereocenters. The van der Waals surface area contributed by atoms with Crippen molar-refractivity contribution in [1.29, 1.82) is 0 Å². The number of ether oxygens (including phenoxy) is 1. The Kier molecular flexibility index (Phi) is 2.41. The number of amides is 1. The van der Waals surface area contributed by atoms with Crippen LogP contribution in [-0.4, -0.2) is 49.7 Å². The second-order valence-corrected chi connectivity index (χ2v) is 4.92. The Labute approximate surface area is 90.0 Å². The van der Waals surface area contributed by atoms with E-state index in [2.05, 4.69) is 5.32 Å². The van der Waals surface area contributed by atoms with Crippen LogP contribution in [0, 0.1) is 11.8 Å². The van der Waals surface area contributed by atoms with Crippen molar-refractivity contribution in [1.82, 2.24) is 10.2 Å². The molecule has 0 radical (unpaired) electrons. The molecule has 3 heterocycles. The van der Waals surface area contributed by atoms with Crippen molar-refractivity contribution < 1.29 is 9.53 Å². The van der Waals surface area contributed by atoms with Crippen LogP contribution in [0.1, 0.15) is 12.8 Å². The fourth-order valence-corrected chi connectivity index (χ4v) is 3.01. The van der Waals surface area contributed by atoms with Gasteiger partial charge in [-0.3, -0.25) is 4.79 Å². The molecule has 15 heavy (non-hydrogen) atoms. The lowest BCUT2D eigenvalue weighted by Crippen LogP contribution is -2.38. The van der Waals surface area contributed by atoms with Gasteiger partial charge in [0.15, 0.2) is 0 Å².